The van der Waals surface area contributed by atoms with Crippen LogP contribution in [-0.4, -0.2) is 35.2 Å². The smallest absolute Gasteiger partial charge is 0.408 e. The normalized spacial score (nSPS) is 13.2. The maximum Gasteiger partial charge on any atom is 0.408 e. The summed E-state index contributed by atoms with van der Waals surface area (Å²) in [6.07, 6.45) is -0.912. The molecule has 7 nitrogen and oxygen atoms in total. The zero-order valence-electron chi connectivity index (χ0n) is 15.2. The molecule has 3 N–H and O–H groups in total. The van der Waals surface area contributed by atoms with E-state index in [1.54, 1.807) is 32.9 Å². The minimum Gasteiger partial charge on any atom is -0.478 e. The number of aromatic carboxylic acids is 1. The average Bonchev–Trinajstić information content (AvgIpc) is 2.51. The van der Waals surface area contributed by atoms with Gasteiger partial charge >= 0.3 is 12.1 Å². The largest absolute Gasteiger partial charge is 0.478 e. The molecule has 0 heterocycles. The number of carboxylic acid groups (broad SMARTS) is 1. The molecule has 0 aromatic heterocycles. The van der Waals surface area contributed by atoms with Crippen LogP contribution in [0.3, 0.4) is 0 Å². The molecule has 1 aromatic carbocycles. The second-order valence-electron chi connectivity index (χ2n) is 6.48. The Bertz CT molecular complexity index is 610. The molecule has 0 aliphatic rings. The van der Waals surface area contributed by atoms with E-state index in [1.807, 2.05) is 13.8 Å². The van der Waals surface area contributed by atoms with E-state index < -0.39 is 18.1 Å². The topological polar surface area (TPSA) is 105 Å². The summed E-state index contributed by atoms with van der Waals surface area (Å²) in [5.74, 6) is -1.46. The zero-order chi connectivity index (χ0) is 19.1. The summed E-state index contributed by atoms with van der Waals surface area (Å²) < 4.78 is 5.02. The first-order chi connectivity index (χ1) is 11.6. The lowest BCUT2D eigenvalue weighted by Crippen LogP contribution is -2.50. The summed E-state index contributed by atoms with van der Waals surface area (Å²) >= 11 is 0. The first-order valence-corrected chi connectivity index (χ1v) is 8.22. The fourth-order valence-corrected chi connectivity index (χ4v) is 2.21. The molecular formula is C18H26N2O5. The lowest BCUT2D eigenvalue weighted by molar-refractivity contribution is -0.124. The Morgan fingerprint density at radius 2 is 1.52 bits per heavy atom. The minimum atomic E-state index is -1.00. The minimum absolute atomic E-state index is 0.124. The predicted octanol–water partition coefficient (Wildman–Crippen LogP) is 2.72. The summed E-state index contributed by atoms with van der Waals surface area (Å²) in [5, 5.41) is 14.3. The Morgan fingerprint density at radius 1 is 0.960 bits per heavy atom. The number of alkyl carbamates (subject to hydrolysis) is 1. The van der Waals surface area contributed by atoms with Gasteiger partial charge in [0.25, 0.3) is 0 Å². The van der Waals surface area contributed by atoms with Gasteiger partial charge in [-0.3, -0.25) is 4.79 Å². The van der Waals surface area contributed by atoms with Gasteiger partial charge in [0, 0.05) is 0 Å². The Morgan fingerprint density at radius 3 is 1.96 bits per heavy atom. The molecule has 0 saturated heterocycles. The van der Waals surface area contributed by atoms with Gasteiger partial charge in [-0.25, -0.2) is 9.59 Å². The first-order valence-electron chi connectivity index (χ1n) is 8.22. The van der Waals surface area contributed by atoms with Crippen molar-refractivity contribution in [1.82, 2.24) is 10.6 Å². The van der Waals surface area contributed by atoms with Crippen LogP contribution in [0.5, 0.6) is 0 Å². The Labute approximate surface area is 147 Å². The molecule has 0 aliphatic carbocycles. The number of benzene rings is 1. The number of rotatable bonds is 7. The van der Waals surface area contributed by atoms with Crippen molar-refractivity contribution in [2.45, 2.75) is 52.8 Å². The average molecular weight is 350 g/mol. The van der Waals surface area contributed by atoms with Crippen LogP contribution >= 0.6 is 0 Å². The fourth-order valence-electron chi connectivity index (χ4n) is 2.21. The molecule has 25 heavy (non-hydrogen) atoms. The molecule has 1 rings (SSSR count). The molecule has 2 amide bonds. The van der Waals surface area contributed by atoms with Crippen LogP contribution in [0, 0.1) is 5.92 Å². The fraction of sp³-hybridized carbons (Fsp3) is 0.500. The molecule has 0 saturated carbocycles. The molecule has 0 bridgehead atoms. The van der Waals surface area contributed by atoms with Crippen molar-refractivity contribution in [2.24, 2.45) is 5.92 Å². The molecule has 1 aromatic rings. The maximum absolute atomic E-state index is 12.5. The van der Waals surface area contributed by atoms with E-state index in [2.05, 4.69) is 10.6 Å². The number of amides is 2. The zero-order valence-corrected chi connectivity index (χ0v) is 15.2. The number of carbonyl (C=O) groups is 3. The van der Waals surface area contributed by atoms with Crippen LogP contribution in [0.1, 0.15) is 56.6 Å². The van der Waals surface area contributed by atoms with Gasteiger partial charge in [0.05, 0.1) is 17.7 Å². The van der Waals surface area contributed by atoms with E-state index >= 15 is 0 Å². The Balaban J connectivity index is 2.75. The van der Waals surface area contributed by atoms with Gasteiger partial charge in [-0.1, -0.05) is 26.0 Å². The van der Waals surface area contributed by atoms with E-state index in [0.717, 1.165) is 5.56 Å². The van der Waals surface area contributed by atoms with E-state index in [4.69, 9.17) is 9.84 Å². The van der Waals surface area contributed by atoms with Crippen LogP contribution in [0.4, 0.5) is 4.79 Å². The number of hydrogen-bond acceptors (Lipinski definition) is 4. The molecule has 2 atom stereocenters. The van der Waals surface area contributed by atoms with Crippen molar-refractivity contribution in [3.8, 4) is 0 Å². The van der Waals surface area contributed by atoms with Crippen LogP contribution in [-0.2, 0) is 9.53 Å². The van der Waals surface area contributed by atoms with Crippen LogP contribution < -0.4 is 10.6 Å². The van der Waals surface area contributed by atoms with Crippen molar-refractivity contribution < 1.29 is 24.2 Å². The third-order valence-corrected chi connectivity index (χ3v) is 3.58. The Hall–Kier alpha value is -2.57. The van der Waals surface area contributed by atoms with E-state index in [0.29, 0.717) is 0 Å². The molecule has 0 spiro atoms. The summed E-state index contributed by atoms with van der Waals surface area (Å²) in [4.78, 5) is 35.1. The lowest BCUT2D eigenvalue weighted by Gasteiger charge is -2.24. The van der Waals surface area contributed by atoms with Crippen molar-refractivity contribution in [2.75, 3.05) is 0 Å². The van der Waals surface area contributed by atoms with Crippen molar-refractivity contribution in [1.29, 1.82) is 0 Å². The number of carboxylic acids is 1. The highest BCUT2D eigenvalue weighted by molar-refractivity contribution is 5.88. The standard InChI is InChI=1S/C18H26N2O5/c1-10(2)15(20-18(24)25-11(3)4)16(21)19-12(5)13-6-8-14(9-7-13)17(22)23/h6-12,15H,1-5H3,(H,19,21)(H,20,24)(H,22,23). The second kappa shape index (κ2) is 9.05. The highest BCUT2D eigenvalue weighted by Gasteiger charge is 2.26. The van der Waals surface area contributed by atoms with Gasteiger partial charge in [0.1, 0.15) is 6.04 Å². The third-order valence-electron chi connectivity index (χ3n) is 3.58. The number of nitrogens with one attached hydrogen (secondary N) is 2. The monoisotopic (exact) mass is 350 g/mol. The number of carbonyl (C=O) groups excluding carboxylic acids is 2. The highest BCUT2D eigenvalue weighted by atomic mass is 16.6. The van der Waals surface area contributed by atoms with Crippen molar-refractivity contribution in [3.05, 3.63) is 35.4 Å². The highest BCUT2D eigenvalue weighted by Crippen LogP contribution is 2.14. The quantitative estimate of drug-likeness (QED) is 0.701. The second-order valence-corrected chi connectivity index (χ2v) is 6.48. The van der Waals surface area contributed by atoms with Gasteiger partial charge in [0.2, 0.25) is 5.91 Å². The number of ether oxygens (including phenoxy) is 1. The summed E-state index contributed by atoms with van der Waals surface area (Å²) in [7, 11) is 0. The van der Waals surface area contributed by atoms with Crippen LogP contribution in [0.2, 0.25) is 0 Å². The van der Waals surface area contributed by atoms with Gasteiger partial charge in [-0.2, -0.15) is 0 Å². The molecule has 0 aliphatic heterocycles. The van der Waals surface area contributed by atoms with E-state index in [9.17, 15) is 14.4 Å². The summed E-state index contributed by atoms with van der Waals surface area (Å²) in [6.45, 7) is 8.90. The Kier molecular flexibility index (Phi) is 7.42. The van der Waals surface area contributed by atoms with Crippen LogP contribution in [0.25, 0.3) is 0 Å². The summed E-state index contributed by atoms with van der Waals surface area (Å²) in [6, 6.07) is 5.21. The SMILES string of the molecule is CC(C)OC(=O)NC(C(=O)NC(C)c1ccc(C(=O)O)cc1)C(C)C. The maximum atomic E-state index is 12.5. The first kappa shape index (κ1) is 20.5. The van der Waals surface area contributed by atoms with Gasteiger partial charge in [-0.15, -0.1) is 0 Å². The molecular weight excluding hydrogens is 324 g/mol. The molecule has 138 valence electrons. The van der Waals surface area contributed by atoms with Gasteiger partial charge < -0.3 is 20.5 Å². The summed E-state index contributed by atoms with van der Waals surface area (Å²) in [5.41, 5.74) is 0.950. The van der Waals surface area contributed by atoms with Crippen molar-refractivity contribution in [3.63, 3.8) is 0 Å². The predicted molar refractivity (Wildman–Crippen MR) is 93.3 cm³/mol. The van der Waals surface area contributed by atoms with E-state index in [-0.39, 0.29) is 29.5 Å². The lowest BCUT2D eigenvalue weighted by atomic mass is 10.0. The third kappa shape index (κ3) is 6.45. The van der Waals surface area contributed by atoms with Gasteiger partial charge in [-0.05, 0) is 44.4 Å². The number of hydrogen-bond donors (Lipinski definition) is 3. The van der Waals surface area contributed by atoms with E-state index in [1.165, 1.54) is 12.1 Å². The molecule has 0 fully saturated rings. The van der Waals surface area contributed by atoms with Gasteiger partial charge in [0.15, 0.2) is 0 Å². The molecule has 2 unspecified atom stereocenters. The van der Waals surface area contributed by atoms with Crippen LogP contribution in [0.15, 0.2) is 24.3 Å². The molecule has 0 radical (unpaired) electrons. The molecule has 7 heteroatoms. The van der Waals surface area contributed by atoms with Crippen molar-refractivity contribution >= 4 is 18.0 Å².